The topological polar surface area (TPSA) is 30.5 Å². The van der Waals surface area contributed by atoms with Crippen LogP contribution in [0.3, 0.4) is 0 Å². The van der Waals surface area contributed by atoms with Gasteiger partial charge in [-0.15, -0.1) is 0 Å². The Balaban J connectivity index is 1.93. The van der Waals surface area contributed by atoms with Crippen molar-refractivity contribution in [1.82, 2.24) is 0 Å². The third-order valence-corrected chi connectivity index (χ3v) is 3.76. The van der Waals surface area contributed by atoms with Crippen LogP contribution < -0.4 is 14.8 Å². The molecule has 3 nitrogen and oxygen atoms in total. The van der Waals surface area contributed by atoms with Gasteiger partial charge in [0.05, 0.1) is 18.8 Å². The summed E-state index contributed by atoms with van der Waals surface area (Å²) in [6.45, 7) is 5.32. The van der Waals surface area contributed by atoms with Gasteiger partial charge >= 0.3 is 0 Å². The Bertz CT molecular complexity index is 657. The summed E-state index contributed by atoms with van der Waals surface area (Å²) < 4.78 is 11.9. The largest absolute Gasteiger partial charge is 0.493 e. The van der Waals surface area contributed by atoms with Crippen LogP contribution >= 0.6 is 11.6 Å². The van der Waals surface area contributed by atoms with E-state index in [0.717, 1.165) is 33.3 Å². The molecule has 3 rings (SSSR count). The molecule has 0 amide bonds. The number of anilines is 1. The zero-order chi connectivity index (χ0) is 14.8. The van der Waals surface area contributed by atoms with Crippen LogP contribution in [0.2, 0.25) is 5.02 Å². The van der Waals surface area contributed by atoms with Gasteiger partial charge in [-0.2, -0.15) is 0 Å². The average Bonchev–Trinajstić information content (AvgIpc) is 2.48. The Morgan fingerprint density at radius 1 is 1.33 bits per heavy atom. The molecule has 0 saturated carbocycles. The molecule has 4 heteroatoms. The number of nitrogens with one attached hydrogen (secondary N) is 1. The van der Waals surface area contributed by atoms with E-state index >= 15 is 0 Å². The first kappa shape index (κ1) is 14.1. The van der Waals surface area contributed by atoms with E-state index in [1.54, 1.807) is 0 Å². The Morgan fingerprint density at radius 2 is 2.14 bits per heavy atom. The minimum Gasteiger partial charge on any atom is -0.493 e. The molecular weight excluding hydrogens is 286 g/mol. The fraction of sp³-hybridized carbons (Fsp3) is 0.294. The van der Waals surface area contributed by atoms with Gasteiger partial charge in [0.25, 0.3) is 0 Å². The van der Waals surface area contributed by atoms with Crippen molar-refractivity contribution in [3.63, 3.8) is 0 Å². The number of hydrogen-bond acceptors (Lipinski definition) is 3. The minimum atomic E-state index is -0.0693. The van der Waals surface area contributed by atoms with E-state index in [9.17, 15) is 0 Å². The Morgan fingerprint density at radius 3 is 2.95 bits per heavy atom. The average molecular weight is 304 g/mol. The first-order chi connectivity index (χ1) is 10.2. The molecule has 21 heavy (non-hydrogen) atoms. The number of benzene rings is 2. The fourth-order valence-corrected chi connectivity index (χ4v) is 2.88. The Labute approximate surface area is 129 Å². The highest BCUT2D eigenvalue weighted by Gasteiger charge is 2.25. The van der Waals surface area contributed by atoms with Crippen LogP contribution in [0.25, 0.3) is 0 Å². The molecule has 1 aliphatic rings. The van der Waals surface area contributed by atoms with Gasteiger partial charge in [0.15, 0.2) is 0 Å². The van der Waals surface area contributed by atoms with Crippen molar-refractivity contribution in [2.24, 2.45) is 0 Å². The van der Waals surface area contributed by atoms with Crippen molar-refractivity contribution in [3.05, 3.63) is 52.5 Å². The molecule has 0 fully saturated rings. The standard InChI is InChI=1S/C17H18ClNO2/c1-3-20-15-7-5-4-6-13(15)16-10-19-14-9-12(18)8-11(2)17(14)21-16/h4-9,16,19H,3,10H2,1-2H3. The van der Waals surface area contributed by atoms with Gasteiger partial charge in [-0.3, -0.25) is 0 Å². The van der Waals surface area contributed by atoms with Crippen molar-refractivity contribution in [2.75, 3.05) is 18.5 Å². The summed E-state index contributed by atoms with van der Waals surface area (Å²) in [6, 6.07) is 11.8. The van der Waals surface area contributed by atoms with Gasteiger partial charge in [0.2, 0.25) is 0 Å². The first-order valence-corrected chi connectivity index (χ1v) is 7.49. The molecule has 1 N–H and O–H groups in total. The van der Waals surface area contributed by atoms with Crippen molar-refractivity contribution >= 4 is 17.3 Å². The highest BCUT2D eigenvalue weighted by atomic mass is 35.5. The zero-order valence-electron chi connectivity index (χ0n) is 12.2. The molecule has 0 saturated heterocycles. The maximum absolute atomic E-state index is 6.19. The highest BCUT2D eigenvalue weighted by Crippen LogP contribution is 2.40. The molecule has 0 bridgehead atoms. The molecule has 2 aromatic rings. The van der Waals surface area contributed by atoms with E-state index in [4.69, 9.17) is 21.1 Å². The second-order valence-corrected chi connectivity index (χ2v) is 5.49. The van der Waals surface area contributed by atoms with Gasteiger partial charge in [-0.25, -0.2) is 0 Å². The predicted octanol–water partition coefficient (Wildman–Crippen LogP) is 4.59. The van der Waals surface area contributed by atoms with Crippen LogP contribution in [0.1, 0.15) is 24.2 Å². The third kappa shape index (κ3) is 2.79. The molecule has 1 atom stereocenters. The van der Waals surface area contributed by atoms with Crippen LogP contribution in [-0.4, -0.2) is 13.2 Å². The second kappa shape index (κ2) is 5.86. The number of fused-ring (bicyclic) bond motifs is 1. The van der Waals surface area contributed by atoms with Crippen LogP contribution in [0.5, 0.6) is 11.5 Å². The second-order valence-electron chi connectivity index (χ2n) is 5.06. The lowest BCUT2D eigenvalue weighted by Crippen LogP contribution is -2.24. The van der Waals surface area contributed by atoms with E-state index in [-0.39, 0.29) is 6.10 Å². The monoisotopic (exact) mass is 303 g/mol. The van der Waals surface area contributed by atoms with E-state index in [1.165, 1.54) is 0 Å². The molecule has 1 heterocycles. The Hall–Kier alpha value is -1.87. The summed E-state index contributed by atoms with van der Waals surface area (Å²) >= 11 is 6.09. The summed E-state index contributed by atoms with van der Waals surface area (Å²) in [7, 11) is 0. The van der Waals surface area contributed by atoms with Gasteiger partial charge in [0.1, 0.15) is 17.6 Å². The third-order valence-electron chi connectivity index (χ3n) is 3.54. The molecule has 0 spiro atoms. The molecule has 1 unspecified atom stereocenters. The lowest BCUT2D eigenvalue weighted by atomic mass is 10.1. The molecule has 1 aliphatic heterocycles. The number of aryl methyl sites for hydroxylation is 1. The van der Waals surface area contributed by atoms with Gasteiger partial charge in [-0.05, 0) is 37.6 Å². The van der Waals surface area contributed by atoms with Gasteiger partial charge in [-0.1, -0.05) is 29.8 Å². The van der Waals surface area contributed by atoms with E-state index < -0.39 is 0 Å². The van der Waals surface area contributed by atoms with Crippen molar-refractivity contribution in [2.45, 2.75) is 20.0 Å². The summed E-state index contributed by atoms with van der Waals surface area (Å²) in [5.74, 6) is 1.74. The Kier molecular flexibility index (Phi) is 3.93. The van der Waals surface area contributed by atoms with Crippen LogP contribution in [0, 0.1) is 6.92 Å². The van der Waals surface area contributed by atoms with Crippen LogP contribution in [0.15, 0.2) is 36.4 Å². The van der Waals surface area contributed by atoms with Crippen molar-refractivity contribution in [3.8, 4) is 11.5 Å². The van der Waals surface area contributed by atoms with E-state index in [0.29, 0.717) is 13.2 Å². The molecule has 0 aromatic heterocycles. The quantitative estimate of drug-likeness (QED) is 0.899. The molecule has 0 radical (unpaired) electrons. The zero-order valence-corrected chi connectivity index (χ0v) is 12.9. The lowest BCUT2D eigenvalue weighted by Gasteiger charge is -2.30. The lowest BCUT2D eigenvalue weighted by molar-refractivity contribution is 0.201. The first-order valence-electron chi connectivity index (χ1n) is 7.11. The molecule has 0 aliphatic carbocycles. The summed E-state index contributed by atoms with van der Waals surface area (Å²) in [5, 5.41) is 4.12. The maximum Gasteiger partial charge on any atom is 0.146 e. The van der Waals surface area contributed by atoms with Crippen molar-refractivity contribution < 1.29 is 9.47 Å². The van der Waals surface area contributed by atoms with Crippen LogP contribution in [-0.2, 0) is 0 Å². The van der Waals surface area contributed by atoms with Crippen LogP contribution in [0.4, 0.5) is 5.69 Å². The predicted molar refractivity (Wildman–Crippen MR) is 85.7 cm³/mol. The highest BCUT2D eigenvalue weighted by molar-refractivity contribution is 6.31. The molecular formula is C17H18ClNO2. The number of halogens is 1. The van der Waals surface area contributed by atoms with Gasteiger partial charge in [0, 0.05) is 10.6 Å². The minimum absolute atomic E-state index is 0.0693. The van der Waals surface area contributed by atoms with E-state index in [2.05, 4.69) is 5.32 Å². The number of ether oxygens (including phenoxy) is 2. The summed E-state index contributed by atoms with van der Waals surface area (Å²) in [6.07, 6.45) is -0.0693. The maximum atomic E-state index is 6.19. The molecule has 2 aromatic carbocycles. The fourth-order valence-electron chi connectivity index (χ4n) is 2.61. The number of hydrogen-bond donors (Lipinski definition) is 1. The van der Waals surface area contributed by atoms with Crippen molar-refractivity contribution in [1.29, 1.82) is 0 Å². The van der Waals surface area contributed by atoms with E-state index in [1.807, 2.05) is 50.2 Å². The normalized spacial score (nSPS) is 16.6. The molecule has 110 valence electrons. The SMILES string of the molecule is CCOc1ccccc1C1CNc2cc(Cl)cc(C)c2O1. The number of rotatable bonds is 3. The smallest absolute Gasteiger partial charge is 0.146 e. The number of para-hydroxylation sites is 1. The summed E-state index contributed by atoms with van der Waals surface area (Å²) in [5.41, 5.74) is 3.04. The van der Waals surface area contributed by atoms with Gasteiger partial charge < -0.3 is 14.8 Å². The summed E-state index contributed by atoms with van der Waals surface area (Å²) in [4.78, 5) is 0.